The number of carbonyl (C=O) groups excluding carboxylic acids is 1. The van der Waals surface area contributed by atoms with Gasteiger partial charge in [0.25, 0.3) is 0 Å². The van der Waals surface area contributed by atoms with Gasteiger partial charge in [-0.3, -0.25) is 4.79 Å². The number of nitrogens with two attached hydrogens (primary N) is 1. The molecule has 4 aliphatic carbocycles. The number of rotatable bonds is 0. The Morgan fingerprint density at radius 3 is 2.80 bits per heavy atom. The highest BCUT2D eigenvalue weighted by Crippen LogP contribution is 2.62. The highest BCUT2D eigenvalue weighted by Gasteiger charge is 2.56. The molecule has 0 aromatic carbocycles. The number of hydrogen-bond donors (Lipinski definition) is 1. The van der Waals surface area contributed by atoms with Crippen molar-refractivity contribution in [3.8, 4) is 0 Å². The van der Waals surface area contributed by atoms with Crippen molar-refractivity contribution in [1.29, 1.82) is 0 Å². The Hall–Kier alpha value is -0.630. The molecule has 0 saturated heterocycles. The first kappa shape index (κ1) is 13.1. The quantitative estimate of drug-likeness (QED) is 0.733. The van der Waals surface area contributed by atoms with Crippen molar-refractivity contribution >= 4 is 5.78 Å². The van der Waals surface area contributed by atoms with Gasteiger partial charge >= 0.3 is 0 Å². The molecule has 0 heterocycles. The molecule has 0 bridgehead atoms. The number of fused-ring (bicyclic) bond motifs is 5. The lowest BCUT2D eigenvalue weighted by Gasteiger charge is -2.57. The van der Waals surface area contributed by atoms with Gasteiger partial charge in [-0.1, -0.05) is 18.9 Å². The van der Waals surface area contributed by atoms with Gasteiger partial charge in [0, 0.05) is 12.0 Å². The lowest BCUT2D eigenvalue weighted by Crippen LogP contribution is -2.56. The van der Waals surface area contributed by atoms with E-state index in [0.29, 0.717) is 11.2 Å². The first-order chi connectivity index (χ1) is 9.53. The zero-order chi connectivity index (χ0) is 14.0. The normalized spacial score (nSPS) is 51.0. The van der Waals surface area contributed by atoms with Crippen LogP contribution in [0.5, 0.6) is 0 Å². The fourth-order valence-corrected chi connectivity index (χ4v) is 6.27. The van der Waals surface area contributed by atoms with Gasteiger partial charge in [0.1, 0.15) is 0 Å². The summed E-state index contributed by atoms with van der Waals surface area (Å²) in [6.45, 7) is 2.45. The fourth-order valence-electron chi connectivity index (χ4n) is 6.27. The van der Waals surface area contributed by atoms with Crippen LogP contribution in [0.25, 0.3) is 0 Å². The molecule has 0 aromatic rings. The van der Waals surface area contributed by atoms with Crippen molar-refractivity contribution in [2.45, 2.75) is 70.3 Å². The predicted octanol–water partition coefficient (Wildman–Crippen LogP) is 3.60. The SMILES string of the molecule is C[C@]12CCC(=O)C=C1CC[C@H]1[C@@H]3CCC[C@@]3(N)CC[C@@H]12. The number of ketones is 1. The summed E-state index contributed by atoms with van der Waals surface area (Å²) in [5.41, 5.74) is 8.67. The zero-order valence-electron chi connectivity index (χ0n) is 12.7. The van der Waals surface area contributed by atoms with E-state index in [0.717, 1.165) is 37.0 Å². The third-order valence-corrected chi connectivity index (χ3v) is 7.38. The second-order valence-electron chi connectivity index (χ2n) is 8.13. The molecule has 2 N–H and O–H groups in total. The van der Waals surface area contributed by atoms with Crippen LogP contribution in [0.1, 0.15) is 64.7 Å². The maximum Gasteiger partial charge on any atom is 0.155 e. The third kappa shape index (κ3) is 1.63. The first-order valence-corrected chi connectivity index (χ1v) is 8.56. The van der Waals surface area contributed by atoms with E-state index in [1.807, 2.05) is 6.08 Å². The monoisotopic (exact) mass is 273 g/mol. The Balaban J connectivity index is 1.69. The molecule has 0 spiro atoms. The topological polar surface area (TPSA) is 43.1 Å². The molecule has 3 fully saturated rings. The van der Waals surface area contributed by atoms with E-state index in [1.165, 1.54) is 44.1 Å². The smallest absolute Gasteiger partial charge is 0.155 e. The Morgan fingerprint density at radius 1 is 1.10 bits per heavy atom. The van der Waals surface area contributed by atoms with Crippen molar-refractivity contribution in [3.05, 3.63) is 11.6 Å². The number of allylic oxidation sites excluding steroid dienone is 1. The molecular weight excluding hydrogens is 246 g/mol. The molecule has 0 aliphatic heterocycles. The van der Waals surface area contributed by atoms with Crippen molar-refractivity contribution in [2.24, 2.45) is 28.9 Å². The average molecular weight is 273 g/mol. The summed E-state index contributed by atoms with van der Waals surface area (Å²) in [6.07, 6.45) is 12.7. The molecular formula is C18H27NO. The van der Waals surface area contributed by atoms with E-state index in [9.17, 15) is 4.79 Å². The lowest BCUT2D eigenvalue weighted by atomic mass is 9.49. The van der Waals surface area contributed by atoms with E-state index in [-0.39, 0.29) is 5.54 Å². The number of carbonyl (C=O) groups is 1. The molecule has 4 aliphatic rings. The minimum atomic E-state index is 0.156. The average Bonchev–Trinajstić information content (AvgIpc) is 2.81. The highest BCUT2D eigenvalue weighted by atomic mass is 16.1. The van der Waals surface area contributed by atoms with Crippen molar-refractivity contribution in [1.82, 2.24) is 0 Å². The Bertz CT molecular complexity index is 482. The van der Waals surface area contributed by atoms with Gasteiger partial charge in [-0.05, 0) is 74.2 Å². The van der Waals surface area contributed by atoms with Crippen LogP contribution in [0, 0.1) is 23.2 Å². The van der Waals surface area contributed by atoms with Crippen LogP contribution >= 0.6 is 0 Å². The molecule has 20 heavy (non-hydrogen) atoms. The van der Waals surface area contributed by atoms with Crippen molar-refractivity contribution < 1.29 is 4.79 Å². The second kappa shape index (κ2) is 4.19. The van der Waals surface area contributed by atoms with E-state index in [2.05, 4.69) is 6.92 Å². The van der Waals surface area contributed by atoms with E-state index in [4.69, 9.17) is 5.73 Å². The Morgan fingerprint density at radius 2 is 1.95 bits per heavy atom. The van der Waals surface area contributed by atoms with Gasteiger partial charge in [0.05, 0.1) is 0 Å². The second-order valence-corrected chi connectivity index (χ2v) is 8.13. The maximum absolute atomic E-state index is 11.8. The van der Waals surface area contributed by atoms with Crippen LogP contribution in [0.2, 0.25) is 0 Å². The highest BCUT2D eigenvalue weighted by molar-refractivity contribution is 5.91. The lowest BCUT2D eigenvalue weighted by molar-refractivity contribution is -0.117. The molecule has 110 valence electrons. The molecule has 3 saturated carbocycles. The summed E-state index contributed by atoms with van der Waals surface area (Å²) >= 11 is 0. The zero-order valence-corrected chi connectivity index (χ0v) is 12.7. The molecule has 2 nitrogen and oxygen atoms in total. The predicted molar refractivity (Wildman–Crippen MR) is 80.1 cm³/mol. The fraction of sp³-hybridized carbons (Fsp3) is 0.833. The van der Waals surface area contributed by atoms with Crippen molar-refractivity contribution in [3.63, 3.8) is 0 Å². The van der Waals surface area contributed by atoms with Crippen LogP contribution in [-0.4, -0.2) is 11.3 Å². The summed E-state index contributed by atoms with van der Waals surface area (Å²) in [6, 6.07) is 0. The van der Waals surface area contributed by atoms with Crippen LogP contribution in [-0.2, 0) is 4.79 Å². The minimum absolute atomic E-state index is 0.156. The molecule has 2 heteroatoms. The molecule has 5 atom stereocenters. The van der Waals surface area contributed by atoms with Crippen LogP contribution in [0.15, 0.2) is 11.6 Å². The molecule has 0 unspecified atom stereocenters. The van der Waals surface area contributed by atoms with E-state index >= 15 is 0 Å². The standard InChI is InChI=1S/C18H27NO/c1-17-9-6-13(20)11-12(17)4-5-14-15(17)7-10-18(19)8-2-3-16(14)18/h11,14-16H,2-10,19H2,1H3/t14-,15+,16+,17+,18-/m1/s1. The van der Waals surface area contributed by atoms with Crippen LogP contribution < -0.4 is 5.73 Å². The molecule has 0 radical (unpaired) electrons. The van der Waals surface area contributed by atoms with Crippen molar-refractivity contribution in [2.75, 3.05) is 0 Å². The summed E-state index contributed by atoms with van der Waals surface area (Å²) in [7, 11) is 0. The van der Waals surface area contributed by atoms with Gasteiger partial charge in [-0.25, -0.2) is 0 Å². The van der Waals surface area contributed by atoms with Gasteiger partial charge in [0.2, 0.25) is 0 Å². The van der Waals surface area contributed by atoms with E-state index < -0.39 is 0 Å². The molecule has 0 aromatic heterocycles. The van der Waals surface area contributed by atoms with Gasteiger partial charge < -0.3 is 5.73 Å². The Kier molecular flexibility index (Phi) is 2.74. The van der Waals surface area contributed by atoms with E-state index in [1.54, 1.807) is 0 Å². The summed E-state index contributed by atoms with van der Waals surface area (Å²) in [5, 5.41) is 0. The van der Waals surface area contributed by atoms with Gasteiger partial charge in [0.15, 0.2) is 5.78 Å². The maximum atomic E-state index is 11.8. The van der Waals surface area contributed by atoms with Gasteiger partial charge in [-0.2, -0.15) is 0 Å². The summed E-state index contributed by atoms with van der Waals surface area (Å²) < 4.78 is 0. The molecule has 4 rings (SSSR count). The largest absolute Gasteiger partial charge is 0.325 e. The van der Waals surface area contributed by atoms with Crippen LogP contribution in [0.3, 0.4) is 0 Å². The number of hydrogen-bond acceptors (Lipinski definition) is 2. The molecule has 0 amide bonds. The third-order valence-electron chi connectivity index (χ3n) is 7.38. The minimum Gasteiger partial charge on any atom is -0.325 e. The van der Waals surface area contributed by atoms with Gasteiger partial charge in [-0.15, -0.1) is 0 Å². The first-order valence-electron chi connectivity index (χ1n) is 8.56. The Labute approximate surface area is 122 Å². The summed E-state index contributed by atoms with van der Waals surface area (Å²) in [5.74, 6) is 2.74. The summed E-state index contributed by atoms with van der Waals surface area (Å²) in [4.78, 5) is 11.8. The van der Waals surface area contributed by atoms with Crippen LogP contribution in [0.4, 0.5) is 0 Å².